The lowest BCUT2D eigenvalue weighted by Gasteiger charge is -2.23. The van der Waals surface area contributed by atoms with Crippen LogP contribution in [0.15, 0.2) is 18.2 Å². The average molecular weight is 313 g/mol. The van der Waals surface area contributed by atoms with Gasteiger partial charge in [0.2, 0.25) is 0 Å². The van der Waals surface area contributed by atoms with Crippen LogP contribution in [0.2, 0.25) is 5.02 Å². The van der Waals surface area contributed by atoms with Crippen LogP contribution in [0.4, 0.5) is 10.5 Å². The molecule has 0 aliphatic heterocycles. The predicted octanol–water partition coefficient (Wildman–Crippen LogP) is 3.12. The Balaban J connectivity index is 2.00. The fourth-order valence-electron chi connectivity index (χ4n) is 2.14. The van der Waals surface area contributed by atoms with Crippen LogP contribution in [0.3, 0.4) is 0 Å². The smallest absolute Gasteiger partial charge is 0.322 e. The summed E-state index contributed by atoms with van der Waals surface area (Å²) in [5, 5.41) is 12.2. The maximum absolute atomic E-state index is 12.4. The summed E-state index contributed by atoms with van der Waals surface area (Å²) in [5.41, 5.74) is 0.550. The number of amides is 2. The van der Waals surface area contributed by atoms with Crippen molar-refractivity contribution in [3.63, 3.8) is 0 Å². The van der Waals surface area contributed by atoms with E-state index in [1.54, 1.807) is 25.3 Å². The summed E-state index contributed by atoms with van der Waals surface area (Å²) in [6.07, 6.45) is 3.58. The van der Waals surface area contributed by atoms with Gasteiger partial charge in [0, 0.05) is 25.3 Å². The lowest BCUT2D eigenvalue weighted by Crippen LogP contribution is -2.37. The third-order valence-corrected chi connectivity index (χ3v) is 3.80. The van der Waals surface area contributed by atoms with Crippen LogP contribution in [0.1, 0.15) is 25.7 Å². The number of rotatable bonds is 7. The van der Waals surface area contributed by atoms with Crippen molar-refractivity contribution in [2.45, 2.75) is 31.7 Å². The minimum absolute atomic E-state index is 0.148. The monoisotopic (exact) mass is 312 g/mol. The number of halogens is 1. The number of ether oxygens (including phenoxy) is 1. The zero-order chi connectivity index (χ0) is 15.2. The fourth-order valence-corrected chi connectivity index (χ4v) is 2.31. The molecule has 1 fully saturated rings. The van der Waals surface area contributed by atoms with Gasteiger partial charge in [-0.25, -0.2) is 4.79 Å². The van der Waals surface area contributed by atoms with Gasteiger partial charge in [-0.05, 0) is 37.8 Å². The van der Waals surface area contributed by atoms with E-state index in [2.05, 4.69) is 5.32 Å². The van der Waals surface area contributed by atoms with Gasteiger partial charge in [-0.3, -0.25) is 0 Å². The number of nitrogens with zero attached hydrogens (tertiary/aromatic N) is 1. The van der Waals surface area contributed by atoms with Crippen LogP contribution >= 0.6 is 11.6 Å². The van der Waals surface area contributed by atoms with Crippen molar-refractivity contribution in [3.8, 4) is 5.75 Å². The second-order valence-electron chi connectivity index (χ2n) is 5.13. The molecular weight excluding hydrogens is 292 g/mol. The predicted molar refractivity (Wildman–Crippen MR) is 83.1 cm³/mol. The second kappa shape index (κ2) is 7.52. The second-order valence-corrected chi connectivity index (χ2v) is 5.54. The van der Waals surface area contributed by atoms with Crippen molar-refractivity contribution in [2.24, 2.45) is 0 Å². The molecule has 0 saturated heterocycles. The molecule has 21 heavy (non-hydrogen) atoms. The average Bonchev–Trinajstić information content (AvgIpc) is 3.30. The molecule has 5 nitrogen and oxygen atoms in total. The Bertz CT molecular complexity index is 492. The van der Waals surface area contributed by atoms with Crippen molar-refractivity contribution in [1.29, 1.82) is 0 Å². The van der Waals surface area contributed by atoms with Crippen molar-refractivity contribution in [1.82, 2.24) is 4.90 Å². The van der Waals surface area contributed by atoms with Gasteiger partial charge in [-0.15, -0.1) is 0 Å². The highest BCUT2D eigenvalue weighted by Crippen LogP contribution is 2.30. The summed E-state index contributed by atoms with van der Waals surface area (Å²) < 4.78 is 5.14. The van der Waals surface area contributed by atoms with E-state index < -0.39 is 0 Å². The molecule has 116 valence electrons. The van der Waals surface area contributed by atoms with E-state index in [1.807, 2.05) is 4.90 Å². The summed E-state index contributed by atoms with van der Waals surface area (Å²) in [4.78, 5) is 14.2. The van der Waals surface area contributed by atoms with Crippen LogP contribution in [-0.4, -0.2) is 42.3 Å². The molecule has 0 spiro atoms. The molecule has 1 aromatic carbocycles. The number of unbranched alkanes of at least 4 members (excludes halogenated alkanes) is 1. The number of aliphatic hydroxyl groups is 1. The lowest BCUT2D eigenvalue weighted by molar-refractivity contribution is 0.204. The minimum Gasteiger partial charge on any atom is -0.497 e. The van der Waals surface area contributed by atoms with Crippen LogP contribution in [0, 0.1) is 0 Å². The molecule has 0 unspecified atom stereocenters. The Morgan fingerprint density at radius 1 is 1.48 bits per heavy atom. The van der Waals surface area contributed by atoms with E-state index >= 15 is 0 Å². The molecule has 2 amide bonds. The zero-order valence-electron chi connectivity index (χ0n) is 12.1. The first-order chi connectivity index (χ1) is 10.2. The SMILES string of the molecule is COc1ccc(Cl)c(NC(=O)N(CCCCO)C2CC2)c1. The van der Waals surface area contributed by atoms with E-state index in [9.17, 15) is 4.79 Å². The lowest BCUT2D eigenvalue weighted by atomic mass is 10.3. The highest BCUT2D eigenvalue weighted by Gasteiger charge is 2.32. The van der Waals surface area contributed by atoms with Crippen molar-refractivity contribution in [2.75, 3.05) is 25.6 Å². The zero-order valence-corrected chi connectivity index (χ0v) is 12.9. The van der Waals surface area contributed by atoms with Gasteiger partial charge in [-0.1, -0.05) is 11.6 Å². The number of urea groups is 1. The van der Waals surface area contributed by atoms with Gasteiger partial charge in [0.1, 0.15) is 5.75 Å². The van der Waals surface area contributed by atoms with Gasteiger partial charge in [0.25, 0.3) is 0 Å². The molecule has 2 N–H and O–H groups in total. The van der Waals surface area contributed by atoms with Gasteiger partial charge >= 0.3 is 6.03 Å². The largest absolute Gasteiger partial charge is 0.497 e. The van der Waals surface area contributed by atoms with Crippen molar-refractivity contribution in [3.05, 3.63) is 23.2 Å². The highest BCUT2D eigenvalue weighted by molar-refractivity contribution is 6.33. The normalized spacial score (nSPS) is 13.9. The third kappa shape index (κ3) is 4.51. The Morgan fingerprint density at radius 3 is 2.86 bits per heavy atom. The van der Waals surface area contributed by atoms with Gasteiger partial charge in [-0.2, -0.15) is 0 Å². The summed E-state index contributed by atoms with van der Waals surface area (Å²) in [5.74, 6) is 0.646. The number of hydrogen-bond acceptors (Lipinski definition) is 3. The third-order valence-electron chi connectivity index (χ3n) is 3.47. The Morgan fingerprint density at radius 2 is 2.24 bits per heavy atom. The van der Waals surface area contributed by atoms with E-state index in [0.717, 1.165) is 19.3 Å². The van der Waals surface area contributed by atoms with Crippen molar-refractivity contribution < 1.29 is 14.6 Å². The number of hydrogen-bond donors (Lipinski definition) is 2. The highest BCUT2D eigenvalue weighted by atomic mass is 35.5. The van der Waals surface area contributed by atoms with E-state index in [-0.39, 0.29) is 12.6 Å². The minimum atomic E-state index is -0.148. The Labute approximate surface area is 129 Å². The molecule has 0 heterocycles. The number of benzene rings is 1. The van der Waals surface area contributed by atoms with Crippen LogP contribution in [-0.2, 0) is 0 Å². The molecule has 0 aromatic heterocycles. The number of anilines is 1. The maximum atomic E-state index is 12.4. The first kappa shape index (κ1) is 15.9. The maximum Gasteiger partial charge on any atom is 0.322 e. The number of carbonyl (C=O) groups is 1. The summed E-state index contributed by atoms with van der Waals surface area (Å²) >= 11 is 6.10. The number of carbonyl (C=O) groups excluding carboxylic acids is 1. The molecule has 6 heteroatoms. The standard InChI is InChI=1S/C15H21ClN2O3/c1-21-12-6-7-13(16)14(10-12)17-15(20)18(11-4-5-11)8-2-3-9-19/h6-7,10-11,19H,2-5,8-9H2,1H3,(H,17,20). The quantitative estimate of drug-likeness (QED) is 0.760. The number of methoxy groups -OCH3 is 1. The molecule has 1 aliphatic rings. The first-order valence-corrected chi connectivity index (χ1v) is 7.55. The first-order valence-electron chi connectivity index (χ1n) is 7.17. The molecule has 1 saturated carbocycles. The van der Waals surface area contributed by atoms with Gasteiger partial charge in [0.05, 0.1) is 17.8 Å². The van der Waals surface area contributed by atoms with Gasteiger partial charge < -0.3 is 20.1 Å². The number of aliphatic hydroxyl groups excluding tert-OH is 1. The molecule has 1 aliphatic carbocycles. The van der Waals surface area contributed by atoms with Crippen LogP contribution in [0.25, 0.3) is 0 Å². The van der Waals surface area contributed by atoms with Gasteiger partial charge in [0.15, 0.2) is 0 Å². The van der Waals surface area contributed by atoms with E-state index in [1.165, 1.54) is 0 Å². The molecule has 2 rings (SSSR count). The fraction of sp³-hybridized carbons (Fsp3) is 0.533. The Hall–Kier alpha value is -1.46. The Kier molecular flexibility index (Phi) is 5.70. The topological polar surface area (TPSA) is 61.8 Å². The molecule has 0 atom stereocenters. The van der Waals surface area contributed by atoms with E-state index in [4.69, 9.17) is 21.4 Å². The summed E-state index contributed by atoms with van der Waals surface area (Å²) in [6.45, 7) is 0.806. The van der Waals surface area contributed by atoms with E-state index in [0.29, 0.717) is 35.5 Å². The molecular formula is C15H21ClN2O3. The van der Waals surface area contributed by atoms with Crippen LogP contribution < -0.4 is 10.1 Å². The van der Waals surface area contributed by atoms with Crippen LogP contribution in [0.5, 0.6) is 5.75 Å². The number of nitrogens with one attached hydrogen (secondary N) is 1. The molecule has 0 bridgehead atoms. The molecule has 1 aromatic rings. The summed E-state index contributed by atoms with van der Waals surface area (Å²) in [7, 11) is 1.57. The molecule has 0 radical (unpaired) electrons. The van der Waals surface area contributed by atoms with Crippen molar-refractivity contribution >= 4 is 23.3 Å². The summed E-state index contributed by atoms with van der Waals surface area (Å²) in [6, 6.07) is 5.32.